The van der Waals surface area contributed by atoms with Crippen molar-refractivity contribution < 1.29 is 9.90 Å². The maximum atomic E-state index is 11.9. The molecule has 0 fully saturated rings. The second kappa shape index (κ2) is 7.87. The first-order chi connectivity index (χ1) is 11.7. The van der Waals surface area contributed by atoms with Crippen LogP contribution in [0.3, 0.4) is 0 Å². The van der Waals surface area contributed by atoms with Gasteiger partial charge in [-0.2, -0.15) is 0 Å². The number of carbonyl (C=O) groups is 1. The summed E-state index contributed by atoms with van der Waals surface area (Å²) in [6.07, 6.45) is 1.55. The van der Waals surface area contributed by atoms with Crippen molar-refractivity contribution >= 4 is 11.9 Å². The molecule has 1 aliphatic carbocycles. The van der Waals surface area contributed by atoms with E-state index < -0.39 is 5.60 Å². The molecule has 0 radical (unpaired) electrons. The largest absolute Gasteiger partial charge is 0.383 e. The van der Waals surface area contributed by atoms with Crippen molar-refractivity contribution in [2.45, 2.75) is 51.7 Å². The van der Waals surface area contributed by atoms with Crippen LogP contribution in [0.15, 0.2) is 29.3 Å². The van der Waals surface area contributed by atoms with E-state index in [-0.39, 0.29) is 18.0 Å². The molecule has 1 unspecified atom stereocenters. The summed E-state index contributed by atoms with van der Waals surface area (Å²) in [5, 5.41) is 20.1. The Kier molecular flexibility index (Phi) is 6.06. The zero-order valence-corrected chi connectivity index (χ0v) is 15.6. The van der Waals surface area contributed by atoms with Crippen molar-refractivity contribution in [1.29, 1.82) is 0 Å². The first-order valence-corrected chi connectivity index (χ1v) is 8.87. The molecule has 1 aromatic carbocycles. The molecule has 0 saturated carbocycles. The number of benzene rings is 1. The lowest BCUT2D eigenvalue weighted by Gasteiger charge is -2.25. The number of amides is 1. The molecule has 0 aliphatic heterocycles. The third-order valence-corrected chi connectivity index (χ3v) is 4.11. The van der Waals surface area contributed by atoms with Gasteiger partial charge in [0.25, 0.3) is 0 Å². The highest BCUT2D eigenvalue weighted by molar-refractivity contribution is 5.85. The summed E-state index contributed by atoms with van der Waals surface area (Å²) in [6.45, 7) is 8.85. The fourth-order valence-corrected chi connectivity index (χ4v) is 3.03. The van der Waals surface area contributed by atoms with Crippen molar-refractivity contribution in [3.8, 4) is 0 Å². The summed E-state index contributed by atoms with van der Waals surface area (Å²) in [6, 6.07) is 7.98. The standard InChI is InChI=1S/C19H30N4O2/c1-5-20-17(21-12-16(24)23-18(2,3)4)22-13-19(25)11-10-14-8-6-7-9-15(14)19/h6-9,25H,5,10-13H2,1-4H3,(H,23,24)(H2,20,21,22). The molecule has 0 heterocycles. The molecular weight excluding hydrogens is 316 g/mol. The van der Waals surface area contributed by atoms with Gasteiger partial charge < -0.3 is 21.1 Å². The first-order valence-electron chi connectivity index (χ1n) is 8.87. The zero-order valence-electron chi connectivity index (χ0n) is 15.6. The van der Waals surface area contributed by atoms with Crippen LogP contribution in [-0.4, -0.2) is 42.1 Å². The molecule has 138 valence electrons. The number of aryl methyl sites for hydroxylation is 1. The van der Waals surface area contributed by atoms with Crippen molar-refractivity contribution in [2.75, 3.05) is 19.6 Å². The van der Waals surface area contributed by atoms with Gasteiger partial charge in [-0.3, -0.25) is 4.79 Å². The van der Waals surface area contributed by atoms with Crippen molar-refractivity contribution in [1.82, 2.24) is 16.0 Å². The van der Waals surface area contributed by atoms with Gasteiger partial charge in [0.15, 0.2) is 5.96 Å². The molecule has 25 heavy (non-hydrogen) atoms. The van der Waals surface area contributed by atoms with E-state index in [2.05, 4.69) is 27.0 Å². The van der Waals surface area contributed by atoms with Gasteiger partial charge in [0.1, 0.15) is 12.1 Å². The summed E-state index contributed by atoms with van der Waals surface area (Å²) < 4.78 is 0. The van der Waals surface area contributed by atoms with E-state index in [9.17, 15) is 9.90 Å². The fraction of sp³-hybridized carbons (Fsp3) is 0.579. The second-order valence-corrected chi connectivity index (χ2v) is 7.54. The van der Waals surface area contributed by atoms with Gasteiger partial charge in [0.2, 0.25) is 5.91 Å². The predicted molar refractivity (Wildman–Crippen MR) is 101 cm³/mol. The quantitative estimate of drug-likeness (QED) is 0.478. The molecular formula is C19H30N4O2. The number of fused-ring (bicyclic) bond motifs is 1. The van der Waals surface area contributed by atoms with Crippen LogP contribution in [0.1, 0.15) is 45.2 Å². The fourth-order valence-electron chi connectivity index (χ4n) is 3.03. The Morgan fingerprint density at radius 2 is 2.00 bits per heavy atom. The van der Waals surface area contributed by atoms with Gasteiger partial charge in [0, 0.05) is 12.1 Å². The Morgan fingerprint density at radius 3 is 2.68 bits per heavy atom. The van der Waals surface area contributed by atoms with E-state index in [4.69, 9.17) is 0 Å². The molecule has 0 aromatic heterocycles. The highest BCUT2D eigenvalue weighted by Crippen LogP contribution is 2.36. The summed E-state index contributed by atoms with van der Waals surface area (Å²) in [7, 11) is 0. The van der Waals surface area contributed by atoms with Gasteiger partial charge >= 0.3 is 0 Å². The lowest BCUT2D eigenvalue weighted by Crippen LogP contribution is -2.46. The van der Waals surface area contributed by atoms with Gasteiger partial charge in [0.05, 0.1) is 6.54 Å². The summed E-state index contributed by atoms with van der Waals surface area (Å²) in [4.78, 5) is 16.2. The highest BCUT2D eigenvalue weighted by Gasteiger charge is 2.36. The molecule has 1 atom stereocenters. The van der Waals surface area contributed by atoms with Crippen LogP contribution >= 0.6 is 0 Å². The van der Waals surface area contributed by atoms with Crippen LogP contribution in [0.4, 0.5) is 0 Å². The molecule has 4 N–H and O–H groups in total. The monoisotopic (exact) mass is 346 g/mol. The Morgan fingerprint density at radius 1 is 1.28 bits per heavy atom. The summed E-state index contributed by atoms with van der Waals surface area (Å²) in [5.74, 6) is 0.402. The normalized spacial score (nSPS) is 20.1. The average Bonchev–Trinajstić information content (AvgIpc) is 2.87. The molecule has 1 aliphatic rings. The molecule has 2 rings (SSSR count). The third-order valence-electron chi connectivity index (χ3n) is 4.11. The molecule has 0 bridgehead atoms. The third kappa shape index (κ3) is 5.46. The van der Waals surface area contributed by atoms with E-state index in [1.54, 1.807) is 0 Å². The van der Waals surface area contributed by atoms with Gasteiger partial charge in [-0.15, -0.1) is 0 Å². The van der Waals surface area contributed by atoms with E-state index in [1.807, 2.05) is 45.9 Å². The van der Waals surface area contributed by atoms with Crippen LogP contribution in [0, 0.1) is 0 Å². The SMILES string of the molecule is CCNC(=NCC(=O)NC(C)(C)C)NCC1(O)CCc2ccccc21. The Bertz CT molecular complexity index is 637. The van der Waals surface area contributed by atoms with E-state index >= 15 is 0 Å². The molecule has 1 amide bonds. The number of hydrogen-bond donors (Lipinski definition) is 4. The van der Waals surface area contributed by atoms with Gasteiger partial charge in [-0.05, 0) is 51.7 Å². The molecule has 6 nitrogen and oxygen atoms in total. The Labute approximate surface area is 150 Å². The molecule has 6 heteroatoms. The number of hydrogen-bond acceptors (Lipinski definition) is 3. The lowest BCUT2D eigenvalue weighted by atomic mass is 9.96. The Balaban J connectivity index is 1.98. The predicted octanol–water partition coefficient (Wildman–Crippen LogP) is 1.29. The number of aliphatic imine (C=N–C) groups is 1. The topological polar surface area (TPSA) is 85.8 Å². The van der Waals surface area contributed by atoms with Gasteiger partial charge in [-0.1, -0.05) is 24.3 Å². The maximum absolute atomic E-state index is 11.9. The molecule has 0 spiro atoms. The van der Waals surface area contributed by atoms with Crippen molar-refractivity contribution in [2.24, 2.45) is 4.99 Å². The van der Waals surface area contributed by atoms with Crippen LogP contribution in [0.5, 0.6) is 0 Å². The molecule has 0 saturated heterocycles. The number of rotatable bonds is 5. The smallest absolute Gasteiger partial charge is 0.242 e. The molecule has 1 aromatic rings. The first kappa shape index (κ1) is 19.2. The van der Waals surface area contributed by atoms with E-state index in [0.29, 0.717) is 25.5 Å². The Hall–Kier alpha value is -2.08. The minimum Gasteiger partial charge on any atom is -0.383 e. The summed E-state index contributed by atoms with van der Waals surface area (Å²) in [5.41, 5.74) is 0.990. The minimum atomic E-state index is -0.902. The van der Waals surface area contributed by atoms with Crippen molar-refractivity contribution in [3.63, 3.8) is 0 Å². The van der Waals surface area contributed by atoms with Crippen LogP contribution < -0.4 is 16.0 Å². The number of guanidine groups is 1. The number of carbonyl (C=O) groups excluding carboxylic acids is 1. The average molecular weight is 346 g/mol. The number of nitrogens with zero attached hydrogens (tertiary/aromatic N) is 1. The van der Waals surface area contributed by atoms with Crippen LogP contribution in [-0.2, 0) is 16.8 Å². The van der Waals surface area contributed by atoms with Gasteiger partial charge in [-0.25, -0.2) is 4.99 Å². The minimum absolute atomic E-state index is 0.0433. The number of nitrogens with one attached hydrogen (secondary N) is 3. The van der Waals surface area contributed by atoms with E-state index in [1.165, 1.54) is 5.56 Å². The van der Waals surface area contributed by atoms with E-state index in [0.717, 1.165) is 12.0 Å². The second-order valence-electron chi connectivity index (χ2n) is 7.54. The lowest BCUT2D eigenvalue weighted by molar-refractivity contribution is -0.121. The number of aliphatic hydroxyl groups is 1. The van der Waals surface area contributed by atoms with Crippen LogP contribution in [0.2, 0.25) is 0 Å². The van der Waals surface area contributed by atoms with Crippen LogP contribution in [0.25, 0.3) is 0 Å². The zero-order chi connectivity index (χ0) is 18.5. The summed E-state index contributed by atoms with van der Waals surface area (Å²) >= 11 is 0. The van der Waals surface area contributed by atoms with Crippen molar-refractivity contribution in [3.05, 3.63) is 35.4 Å². The highest BCUT2D eigenvalue weighted by atomic mass is 16.3. The maximum Gasteiger partial charge on any atom is 0.242 e.